The molecule has 0 bridgehead atoms. The maximum Gasteiger partial charge on any atom is 0.250 e. The Bertz CT molecular complexity index is 672. The van der Waals surface area contributed by atoms with Gasteiger partial charge in [0.15, 0.2) is 0 Å². The van der Waals surface area contributed by atoms with Crippen molar-refractivity contribution >= 4 is 29.7 Å². The van der Waals surface area contributed by atoms with Crippen LogP contribution in [-0.4, -0.2) is 50.1 Å². The summed E-state index contributed by atoms with van der Waals surface area (Å²) in [5.41, 5.74) is 8.06. The van der Waals surface area contributed by atoms with Crippen LogP contribution in [0.1, 0.15) is 10.4 Å². The molecule has 2 aromatic rings. The number of nitrogens with one attached hydrogen (secondary N) is 1. The minimum atomic E-state index is -0.394. The van der Waals surface area contributed by atoms with Gasteiger partial charge in [-0.15, -0.1) is 12.4 Å². The van der Waals surface area contributed by atoms with E-state index in [1.807, 2.05) is 18.2 Å². The summed E-state index contributed by atoms with van der Waals surface area (Å²) in [7, 11) is 0. The number of carbonyl (C=O) groups is 1. The maximum atomic E-state index is 11.4. The molecule has 2 aromatic carbocycles. The molecule has 0 aliphatic carbocycles. The minimum Gasteiger partial charge on any atom is -0.383 e. The Morgan fingerprint density at radius 2 is 1.60 bits per heavy atom. The quantitative estimate of drug-likeness (QED) is 0.830. The van der Waals surface area contributed by atoms with Crippen LogP contribution in [0.2, 0.25) is 0 Å². The number of hydrogen-bond acceptors (Lipinski definition) is 4. The third-order valence-electron chi connectivity index (χ3n) is 4.43. The molecule has 134 valence electrons. The predicted octanol–water partition coefficient (Wildman–Crippen LogP) is 2.44. The average Bonchev–Trinajstić information content (AvgIpc) is 2.63. The summed E-state index contributed by atoms with van der Waals surface area (Å²) in [5, 5.41) is 3.33. The van der Waals surface area contributed by atoms with Gasteiger partial charge in [-0.3, -0.25) is 9.69 Å². The molecule has 0 saturated carbocycles. The summed E-state index contributed by atoms with van der Waals surface area (Å²) in [6, 6.07) is 17.9. The van der Waals surface area contributed by atoms with Crippen LogP contribution >= 0.6 is 12.4 Å². The van der Waals surface area contributed by atoms with Crippen molar-refractivity contribution in [2.24, 2.45) is 5.73 Å². The van der Waals surface area contributed by atoms with Crippen LogP contribution in [0.15, 0.2) is 54.6 Å². The predicted molar refractivity (Wildman–Crippen MR) is 106 cm³/mol. The molecule has 3 rings (SSSR count). The van der Waals surface area contributed by atoms with E-state index < -0.39 is 5.91 Å². The summed E-state index contributed by atoms with van der Waals surface area (Å²) in [6.45, 7) is 5.94. The van der Waals surface area contributed by atoms with E-state index in [1.54, 1.807) is 6.07 Å². The van der Waals surface area contributed by atoms with Crippen molar-refractivity contribution in [3.8, 4) is 0 Å². The standard InChI is InChI=1S/C19H24N4O.ClH/c20-19(24)17-8-4-5-9-18(17)21-10-11-22-12-14-23(15-13-22)16-6-2-1-3-7-16;/h1-9,21H,10-15H2,(H2,20,24);1H. The minimum absolute atomic E-state index is 0. The highest BCUT2D eigenvalue weighted by Gasteiger charge is 2.16. The normalized spacial score (nSPS) is 14.6. The van der Waals surface area contributed by atoms with Crippen LogP contribution in [0, 0.1) is 0 Å². The Morgan fingerprint density at radius 3 is 2.28 bits per heavy atom. The number of para-hydroxylation sites is 2. The third kappa shape index (κ3) is 5.11. The first-order valence-corrected chi connectivity index (χ1v) is 8.39. The molecule has 25 heavy (non-hydrogen) atoms. The zero-order valence-corrected chi connectivity index (χ0v) is 15.0. The van der Waals surface area contributed by atoms with Crippen molar-refractivity contribution < 1.29 is 4.79 Å². The molecule has 3 N–H and O–H groups in total. The molecule has 0 aromatic heterocycles. The molecule has 6 heteroatoms. The van der Waals surface area contributed by atoms with Crippen molar-refractivity contribution in [1.82, 2.24) is 4.90 Å². The maximum absolute atomic E-state index is 11.4. The molecule has 1 aliphatic heterocycles. The van der Waals surface area contributed by atoms with Gasteiger partial charge in [-0.2, -0.15) is 0 Å². The van der Waals surface area contributed by atoms with Crippen LogP contribution in [0.5, 0.6) is 0 Å². The molecule has 1 saturated heterocycles. The molecule has 0 spiro atoms. The number of nitrogens with zero attached hydrogens (tertiary/aromatic N) is 2. The summed E-state index contributed by atoms with van der Waals surface area (Å²) in [5.74, 6) is -0.394. The first-order valence-electron chi connectivity index (χ1n) is 8.39. The zero-order valence-electron chi connectivity index (χ0n) is 14.2. The van der Waals surface area contributed by atoms with Crippen molar-refractivity contribution in [3.63, 3.8) is 0 Å². The molecule has 0 unspecified atom stereocenters. The second-order valence-corrected chi connectivity index (χ2v) is 6.00. The second-order valence-electron chi connectivity index (χ2n) is 6.00. The van der Waals surface area contributed by atoms with E-state index in [4.69, 9.17) is 5.73 Å². The van der Waals surface area contributed by atoms with E-state index in [0.29, 0.717) is 5.56 Å². The van der Waals surface area contributed by atoms with E-state index in [0.717, 1.165) is 45.0 Å². The Morgan fingerprint density at radius 1 is 0.960 bits per heavy atom. The lowest BCUT2D eigenvalue weighted by Gasteiger charge is -2.36. The van der Waals surface area contributed by atoms with Gasteiger partial charge in [0, 0.05) is 50.6 Å². The molecule has 0 atom stereocenters. The Kier molecular flexibility index (Phi) is 7.10. The smallest absolute Gasteiger partial charge is 0.250 e. The number of primary amides is 1. The average molecular weight is 361 g/mol. The Balaban J connectivity index is 0.00000225. The zero-order chi connectivity index (χ0) is 16.8. The van der Waals surface area contributed by atoms with Crippen molar-refractivity contribution in [1.29, 1.82) is 0 Å². The molecular formula is C19H25ClN4O. The highest BCUT2D eigenvalue weighted by Crippen LogP contribution is 2.16. The van der Waals surface area contributed by atoms with E-state index >= 15 is 0 Å². The summed E-state index contributed by atoms with van der Waals surface area (Å²) >= 11 is 0. The fourth-order valence-corrected chi connectivity index (χ4v) is 3.07. The van der Waals surface area contributed by atoms with Gasteiger partial charge >= 0.3 is 0 Å². The van der Waals surface area contributed by atoms with Crippen LogP contribution in [-0.2, 0) is 0 Å². The fourth-order valence-electron chi connectivity index (χ4n) is 3.07. The van der Waals surface area contributed by atoms with Crippen molar-refractivity contribution in [3.05, 3.63) is 60.2 Å². The first kappa shape index (κ1) is 19.1. The van der Waals surface area contributed by atoms with Crippen LogP contribution in [0.4, 0.5) is 11.4 Å². The van der Waals surface area contributed by atoms with Gasteiger partial charge in [0.1, 0.15) is 0 Å². The summed E-state index contributed by atoms with van der Waals surface area (Å²) in [4.78, 5) is 16.3. The highest BCUT2D eigenvalue weighted by molar-refractivity contribution is 5.98. The monoisotopic (exact) mass is 360 g/mol. The number of nitrogens with two attached hydrogens (primary N) is 1. The molecule has 0 radical (unpaired) electrons. The van der Waals surface area contributed by atoms with Crippen molar-refractivity contribution in [2.75, 3.05) is 49.5 Å². The van der Waals surface area contributed by atoms with Gasteiger partial charge in [-0.1, -0.05) is 30.3 Å². The van der Waals surface area contributed by atoms with E-state index in [1.165, 1.54) is 5.69 Å². The molecule has 1 fully saturated rings. The topological polar surface area (TPSA) is 61.6 Å². The number of rotatable bonds is 6. The van der Waals surface area contributed by atoms with Gasteiger partial charge < -0.3 is 16.0 Å². The van der Waals surface area contributed by atoms with Crippen LogP contribution < -0.4 is 16.0 Å². The summed E-state index contributed by atoms with van der Waals surface area (Å²) < 4.78 is 0. The molecule has 5 nitrogen and oxygen atoms in total. The Labute approximate surface area is 155 Å². The van der Waals surface area contributed by atoms with E-state index in [9.17, 15) is 4.79 Å². The van der Waals surface area contributed by atoms with Gasteiger partial charge in [-0.05, 0) is 24.3 Å². The van der Waals surface area contributed by atoms with Crippen molar-refractivity contribution in [2.45, 2.75) is 0 Å². The fraction of sp³-hybridized carbons (Fsp3) is 0.316. The Hall–Kier alpha value is -2.24. The number of hydrogen-bond donors (Lipinski definition) is 2. The summed E-state index contributed by atoms with van der Waals surface area (Å²) in [6.07, 6.45) is 0. The van der Waals surface area contributed by atoms with E-state index in [2.05, 4.69) is 45.4 Å². The van der Waals surface area contributed by atoms with Gasteiger partial charge in [0.05, 0.1) is 5.56 Å². The highest BCUT2D eigenvalue weighted by atomic mass is 35.5. The van der Waals surface area contributed by atoms with Gasteiger partial charge in [-0.25, -0.2) is 0 Å². The molecule has 1 amide bonds. The number of piperazine rings is 1. The molecule has 1 aliphatic rings. The lowest BCUT2D eigenvalue weighted by molar-refractivity contribution is 0.100. The van der Waals surface area contributed by atoms with Crippen LogP contribution in [0.25, 0.3) is 0 Å². The van der Waals surface area contributed by atoms with E-state index in [-0.39, 0.29) is 12.4 Å². The lowest BCUT2D eigenvalue weighted by atomic mass is 10.1. The molecular weight excluding hydrogens is 336 g/mol. The van der Waals surface area contributed by atoms with Crippen LogP contribution in [0.3, 0.4) is 0 Å². The third-order valence-corrected chi connectivity index (χ3v) is 4.43. The number of halogens is 1. The molecule has 1 heterocycles. The number of anilines is 2. The largest absolute Gasteiger partial charge is 0.383 e. The second kappa shape index (κ2) is 9.30. The first-order chi connectivity index (χ1) is 11.7. The SMILES string of the molecule is Cl.NC(=O)c1ccccc1NCCN1CCN(c2ccccc2)CC1. The van der Waals surface area contributed by atoms with Gasteiger partial charge in [0.2, 0.25) is 0 Å². The number of benzene rings is 2. The lowest BCUT2D eigenvalue weighted by Crippen LogP contribution is -2.47. The van der Waals surface area contributed by atoms with Gasteiger partial charge in [0.25, 0.3) is 5.91 Å². The number of amides is 1. The number of carbonyl (C=O) groups excluding carboxylic acids is 1.